The first-order valence-electron chi connectivity index (χ1n) is 10.6. The van der Waals surface area contributed by atoms with Gasteiger partial charge in [-0.1, -0.05) is 17.7 Å². The van der Waals surface area contributed by atoms with Gasteiger partial charge in [-0.25, -0.2) is 9.67 Å². The van der Waals surface area contributed by atoms with Crippen LogP contribution in [0.25, 0.3) is 17.1 Å². The molecule has 0 unspecified atom stereocenters. The normalized spacial score (nSPS) is 12.6. The lowest BCUT2D eigenvalue weighted by Crippen LogP contribution is -2.25. The maximum Gasteiger partial charge on any atom is 0.272 e. The number of aromatic amines is 1. The van der Waals surface area contributed by atoms with E-state index in [1.807, 2.05) is 41.1 Å². The van der Waals surface area contributed by atoms with Crippen LogP contribution in [0.1, 0.15) is 39.6 Å². The molecule has 0 spiro atoms. The highest BCUT2D eigenvalue weighted by molar-refractivity contribution is 5.94. The van der Waals surface area contributed by atoms with Gasteiger partial charge in [0.25, 0.3) is 5.91 Å². The molecule has 0 saturated heterocycles. The van der Waals surface area contributed by atoms with Crippen LogP contribution in [0, 0.1) is 6.92 Å². The fourth-order valence-corrected chi connectivity index (χ4v) is 4.01. The van der Waals surface area contributed by atoms with E-state index in [1.165, 1.54) is 5.56 Å². The number of H-pyrrole nitrogens is 1. The molecule has 0 atom stereocenters. The Labute approximate surface area is 185 Å². The van der Waals surface area contributed by atoms with Gasteiger partial charge in [0.1, 0.15) is 11.6 Å². The summed E-state index contributed by atoms with van der Waals surface area (Å²) in [7, 11) is 1.63. The molecular weight excluding hydrogens is 404 g/mol. The van der Waals surface area contributed by atoms with Gasteiger partial charge in [-0.05, 0) is 62.6 Å². The number of hydrogen-bond acceptors (Lipinski definition) is 5. The summed E-state index contributed by atoms with van der Waals surface area (Å²) >= 11 is 0. The summed E-state index contributed by atoms with van der Waals surface area (Å²) in [6, 6.07) is 15.7. The molecule has 1 amide bonds. The number of rotatable bonds is 6. The van der Waals surface area contributed by atoms with Crippen LogP contribution < -0.4 is 10.1 Å². The molecule has 2 aromatic heterocycles. The molecule has 1 aliphatic rings. The number of amides is 1. The second-order valence-electron chi connectivity index (χ2n) is 7.89. The molecule has 162 valence electrons. The summed E-state index contributed by atoms with van der Waals surface area (Å²) in [6.07, 6.45) is 2.83. The quantitative estimate of drug-likeness (QED) is 0.491. The predicted molar refractivity (Wildman–Crippen MR) is 120 cm³/mol. The van der Waals surface area contributed by atoms with E-state index < -0.39 is 0 Å². The van der Waals surface area contributed by atoms with Gasteiger partial charge in [0.05, 0.1) is 19.3 Å². The average Bonchev–Trinajstić information content (AvgIpc) is 3.55. The maximum atomic E-state index is 13.0. The Kier molecular flexibility index (Phi) is 5.18. The van der Waals surface area contributed by atoms with Gasteiger partial charge < -0.3 is 10.1 Å². The molecule has 4 aromatic rings. The SMILES string of the molecule is COc1ccc(-c2n[nH]c(CNC(=O)c3nn(-c4ccc(C)cc4)c4c3CCC4)n2)cc1. The van der Waals surface area contributed by atoms with E-state index in [-0.39, 0.29) is 12.5 Å². The van der Waals surface area contributed by atoms with Crippen molar-refractivity contribution in [3.8, 4) is 22.8 Å². The molecular formula is C24H24N6O2. The fraction of sp³-hybridized carbons (Fsp3) is 0.250. The second-order valence-corrected chi connectivity index (χ2v) is 7.89. The Hall–Kier alpha value is -3.94. The number of aryl methyl sites for hydroxylation is 1. The molecule has 0 saturated carbocycles. The summed E-state index contributed by atoms with van der Waals surface area (Å²) in [4.78, 5) is 17.4. The van der Waals surface area contributed by atoms with Crippen LogP contribution in [-0.2, 0) is 19.4 Å². The Morgan fingerprint density at radius 3 is 2.66 bits per heavy atom. The van der Waals surface area contributed by atoms with E-state index >= 15 is 0 Å². The number of methoxy groups -OCH3 is 1. The molecule has 2 heterocycles. The number of hydrogen-bond donors (Lipinski definition) is 2. The number of nitrogens with zero attached hydrogens (tertiary/aromatic N) is 4. The summed E-state index contributed by atoms with van der Waals surface area (Å²) in [5, 5.41) is 14.7. The third kappa shape index (κ3) is 3.75. The van der Waals surface area contributed by atoms with E-state index in [9.17, 15) is 4.79 Å². The van der Waals surface area contributed by atoms with Crippen LogP contribution in [0.15, 0.2) is 48.5 Å². The van der Waals surface area contributed by atoms with Gasteiger partial charge in [-0.2, -0.15) is 10.2 Å². The van der Waals surface area contributed by atoms with Crippen molar-refractivity contribution in [1.82, 2.24) is 30.3 Å². The highest BCUT2D eigenvalue weighted by Gasteiger charge is 2.27. The lowest BCUT2D eigenvalue weighted by atomic mass is 10.2. The zero-order chi connectivity index (χ0) is 22.1. The van der Waals surface area contributed by atoms with E-state index in [0.29, 0.717) is 17.3 Å². The smallest absolute Gasteiger partial charge is 0.272 e. The van der Waals surface area contributed by atoms with Crippen LogP contribution >= 0.6 is 0 Å². The van der Waals surface area contributed by atoms with Gasteiger partial charge in [0.15, 0.2) is 11.5 Å². The number of aromatic nitrogens is 5. The van der Waals surface area contributed by atoms with Gasteiger partial charge in [-0.3, -0.25) is 9.89 Å². The topological polar surface area (TPSA) is 97.7 Å². The minimum Gasteiger partial charge on any atom is -0.497 e. The van der Waals surface area contributed by atoms with E-state index in [1.54, 1.807) is 7.11 Å². The van der Waals surface area contributed by atoms with Crippen molar-refractivity contribution < 1.29 is 9.53 Å². The van der Waals surface area contributed by atoms with Gasteiger partial charge >= 0.3 is 0 Å². The molecule has 0 aliphatic heterocycles. The first-order chi connectivity index (χ1) is 15.6. The first-order valence-corrected chi connectivity index (χ1v) is 10.6. The van der Waals surface area contributed by atoms with E-state index in [2.05, 4.69) is 44.7 Å². The first kappa shape index (κ1) is 20.0. The Balaban J connectivity index is 1.31. The lowest BCUT2D eigenvalue weighted by Gasteiger charge is -2.05. The molecule has 32 heavy (non-hydrogen) atoms. The minimum absolute atomic E-state index is 0.198. The van der Waals surface area contributed by atoms with Gasteiger partial charge in [-0.15, -0.1) is 0 Å². The molecule has 1 aliphatic carbocycles. The van der Waals surface area contributed by atoms with Gasteiger partial charge in [0.2, 0.25) is 0 Å². The Bertz CT molecular complexity index is 1250. The van der Waals surface area contributed by atoms with Crippen molar-refractivity contribution in [2.45, 2.75) is 32.7 Å². The fourth-order valence-electron chi connectivity index (χ4n) is 4.01. The molecule has 0 bridgehead atoms. The van der Waals surface area contributed by atoms with Crippen molar-refractivity contribution >= 4 is 5.91 Å². The number of benzene rings is 2. The van der Waals surface area contributed by atoms with Crippen molar-refractivity contribution in [2.75, 3.05) is 7.11 Å². The number of carbonyl (C=O) groups is 1. The molecule has 2 aromatic carbocycles. The second kappa shape index (κ2) is 8.30. The van der Waals surface area contributed by atoms with Crippen LogP contribution in [-0.4, -0.2) is 38.0 Å². The van der Waals surface area contributed by atoms with E-state index in [0.717, 1.165) is 47.5 Å². The zero-order valence-electron chi connectivity index (χ0n) is 18.1. The summed E-state index contributed by atoms with van der Waals surface area (Å²) in [5.74, 6) is 1.73. The number of fused-ring (bicyclic) bond motifs is 1. The Morgan fingerprint density at radius 1 is 1.12 bits per heavy atom. The summed E-state index contributed by atoms with van der Waals surface area (Å²) in [5.41, 5.74) is 5.70. The molecule has 2 N–H and O–H groups in total. The van der Waals surface area contributed by atoms with Crippen LogP contribution in [0.2, 0.25) is 0 Å². The number of nitrogens with one attached hydrogen (secondary N) is 2. The predicted octanol–water partition coefficient (Wildman–Crippen LogP) is 3.39. The van der Waals surface area contributed by atoms with Crippen LogP contribution in [0.3, 0.4) is 0 Å². The van der Waals surface area contributed by atoms with Gasteiger partial charge in [0, 0.05) is 16.8 Å². The van der Waals surface area contributed by atoms with Crippen molar-refractivity contribution in [3.05, 3.63) is 76.9 Å². The third-order valence-electron chi connectivity index (χ3n) is 5.72. The summed E-state index contributed by atoms with van der Waals surface area (Å²) < 4.78 is 7.09. The number of carbonyl (C=O) groups excluding carboxylic acids is 1. The minimum atomic E-state index is -0.198. The standard InChI is InChI=1S/C24H24N6O2/c1-15-6-10-17(11-7-15)30-20-5-3-4-19(20)22(29-30)24(31)25-14-21-26-23(28-27-21)16-8-12-18(32-2)13-9-16/h6-13H,3-5,14H2,1-2H3,(H,25,31)(H,26,27,28). The van der Waals surface area contributed by atoms with Crippen molar-refractivity contribution in [3.63, 3.8) is 0 Å². The molecule has 8 heteroatoms. The van der Waals surface area contributed by atoms with E-state index in [4.69, 9.17) is 4.74 Å². The molecule has 8 nitrogen and oxygen atoms in total. The Morgan fingerprint density at radius 2 is 1.91 bits per heavy atom. The zero-order valence-corrected chi connectivity index (χ0v) is 18.1. The third-order valence-corrected chi connectivity index (χ3v) is 5.72. The maximum absolute atomic E-state index is 13.0. The largest absolute Gasteiger partial charge is 0.497 e. The molecule has 0 fully saturated rings. The van der Waals surface area contributed by atoms with Crippen molar-refractivity contribution in [1.29, 1.82) is 0 Å². The summed E-state index contributed by atoms with van der Waals surface area (Å²) in [6.45, 7) is 2.30. The van der Waals surface area contributed by atoms with Crippen LogP contribution in [0.4, 0.5) is 0 Å². The number of ether oxygens (including phenoxy) is 1. The average molecular weight is 428 g/mol. The monoisotopic (exact) mass is 428 g/mol. The van der Waals surface area contributed by atoms with Crippen molar-refractivity contribution in [2.24, 2.45) is 0 Å². The lowest BCUT2D eigenvalue weighted by molar-refractivity contribution is 0.0943. The molecule has 0 radical (unpaired) electrons. The molecule has 5 rings (SSSR count). The highest BCUT2D eigenvalue weighted by atomic mass is 16.5. The highest BCUT2D eigenvalue weighted by Crippen LogP contribution is 2.28. The van der Waals surface area contributed by atoms with Crippen LogP contribution in [0.5, 0.6) is 5.75 Å².